The van der Waals surface area contributed by atoms with Crippen LogP contribution in [0.1, 0.15) is 56.4 Å². The highest BCUT2D eigenvalue weighted by Gasteiger charge is 2.32. The van der Waals surface area contributed by atoms with E-state index in [-0.39, 0.29) is 0 Å². The summed E-state index contributed by atoms with van der Waals surface area (Å²) in [5, 5.41) is 0. The molecule has 0 bridgehead atoms. The molecule has 0 spiro atoms. The number of likely N-dealkylation sites (tertiary alicyclic amines) is 1. The van der Waals surface area contributed by atoms with Crippen molar-refractivity contribution in [3.63, 3.8) is 0 Å². The summed E-state index contributed by atoms with van der Waals surface area (Å²) in [4.78, 5) is 2.80. The first-order chi connectivity index (χ1) is 10.4. The van der Waals surface area contributed by atoms with E-state index in [4.69, 9.17) is 5.73 Å². The number of piperidine rings is 1. The molecule has 2 N–H and O–H groups in total. The largest absolute Gasteiger partial charge is 0.330 e. The molecule has 116 valence electrons. The van der Waals surface area contributed by atoms with E-state index in [0.717, 1.165) is 24.4 Å². The van der Waals surface area contributed by atoms with E-state index in [1.165, 1.54) is 58.0 Å². The fourth-order valence-electron chi connectivity index (χ4n) is 4.45. The van der Waals surface area contributed by atoms with E-state index in [0.29, 0.717) is 0 Å². The Hall–Kier alpha value is -0.860. The van der Waals surface area contributed by atoms with Crippen molar-refractivity contribution in [2.45, 2.75) is 56.9 Å². The predicted octanol–water partition coefficient (Wildman–Crippen LogP) is 3.77. The van der Waals surface area contributed by atoms with Crippen LogP contribution in [0.25, 0.3) is 0 Å². The average Bonchev–Trinajstić information content (AvgIpc) is 2.57. The second kappa shape index (κ2) is 7.42. The summed E-state index contributed by atoms with van der Waals surface area (Å²) in [7, 11) is 0. The Labute approximate surface area is 129 Å². The highest BCUT2D eigenvalue weighted by molar-refractivity contribution is 5.22. The Morgan fingerprint density at radius 2 is 1.67 bits per heavy atom. The number of nitrogens with zero attached hydrogens (tertiary/aromatic N) is 1. The van der Waals surface area contributed by atoms with Gasteiger partial charge in [-0.15, -0.1) is 0 Å². The summed E-state index contributed by atoms with van der Waals surface area (Å²) in [5.41, 5.74) is 7.28. The predicted molar refractivity (Wildman–Crippen MR) is 89.4 cm³/mol. The van der Waals surface area contributed by atoms with Crippen molar-refractivity contribution in [2.75, 3.05) is 19.6 Å². The Kier molecular flexibility index (Phi) is 5.32. The number of nitrogens with two attached hydrogens (primary N) is 1. The molecule has 1 saturated carbocycles. The van der Waals surface area contributed by atoms with Crippen LogP contribution in [0.2, 0.25) is 0 Å². The zero-order valence-electron chi connectivity index (χ0n) is 13.2. The second-order valence-corrected chi connectivity index (χ2v) is 6.93. The van der Waals surface area contributed by atoms with Crippen molar-refractivity contribution in [3.8, 4) is 0 Å². The molecule has 21 heavy (non-hydrogen) atoms. The molecule has 1 aromatic carbocycles. The molecule has 0 aromatic heterocycles. The zero-order chi connectivity index (χ0) is 14.5. The van der Waals surface area contributed by atoms with Crippen LogP contribution in [0.4, 0.5) is 0 Å². The Morgan fingerprint density at radius 1 is 0.952 bits per heavy atom. The first kappa shape index (κ1) is 15.1. The van der Waals surface area contributed by atoms with Crippen molar-refractivity contribution < 1.29 is 0 Å². The van der Waals surface area contributed by atoms with Crippen LogP contribution in [-0.2, 0) is 0 Å². The third-order valence-corrected chi connectivity index (χ3v) is 5.65. The van der Waals surface area contributed by atoms with Crippen molar-refractivity contribution in [2.24, 2.45) is 11.7 Å². The minimum Gasteiger partial charge on any atom is -0.330 e. The Balaban J connectivity index is 1.65. The van der Waals surface area contributed by atoms with Crippen LogP contribution >= 0.6 is 0 Å². The molecule has 1 aliphatic heterocycles. The molecular formula is C19H30N2. The normalized spacial score (nSPS) is 28.6. The van der Waals surface area contributed by atoms with Crippen LogP contribution in [0.5, 0.6) is 0 Å². The van der Waals surface area contributed by atoms with Gasteiger partial charge in [0, 0.05) is 6.04 Å². The minimum absolute atomic E-state index is 0.756. The van der Waals surface area contributed by atoms with Crippen LogP contribution in [0.3, 0.4) is 0 Å². The van der Waals surface area contributed by atoms with Gasteiger partial charge in [-0.2, -0.15) is 0 Å². The van der Waals surface area contributed by atoms with Crippen molar-refractivity contribution in [1.29, 1.82) is 0 Å². The summed E-state index contributed by atoms with van der Waals surface area (Å²) >= 11 is 0. The SMILES string of the molecule is NCCC1CCN(C2CCCCC2c2ccccc2)CC1. The molecule has 1 aliphatic carbocycles. The molecule has 0 radical (unpaired) electrons. The summed E-state index contributed by atoms with van der Waals surface area (Å²) in [5.74, 6) is 1.64. The standard InChI is InChI=1S/C19H30N2/c20-13-10-16-11-14-21(15-12-16)19-9-5-4-8-18(19)17-6-2-1-3-7-17/h1-3,6-7,16,18-19H,4-5,8-15,20H2. The Bertz CT molecular complexity index is 409. The van der Waals surface area contributed by atoms with E-state index in [1.807, 2.05) is 0 Å². The van der Waals surface area contributed by atoms with E-state index in [9.17, 15) is 0 Å². The summed E-state index contributed by atoms with van der Waals surface area (Å²) < 4.78 is 0. The highest BCUT2D eigenvalue weighted by atomic mass is 15.2. The van der Waals surface area contributed by atoms with E-state index in [2.05, 4.69) is 35.2 Å². The molecule has 1 saturated heterocycles. The van der Waals surface area contributed by atoms with Crippen LogP contribution in [0.15, 0.2) is 30.3 Å². The maximum Gasteiger partial charge on any atom is 0.0164 e. The van der Waals surface area contributed by atoms with Gasteiger partial charge in [-0.3, -0.25) is 4.90 Å². The van der Waals surface area contributed by atoms with E-state index >= 15 is 0 Å². The molecule has 2 atom stereocenters. The van der Waals surface area contributed by atoms with Gasteiger partial charge in [0.15, 0.2) is 0 Å². The lowest BCUT2D eigenvalue weighted by Gasteiger charge is -2.43. The van der Waals surface area contributed by atoms with Gasteiger partial charge in [0.05, 0.1) is 0 Å². The molecule has 2 unspecified atom stereocenters. The smallest absolute Gasteiger partial charge is 0.0164 e. The fraction of sp³-hybridized carbons (Fsp3) is 0.684. The molecule has 1 heterocycles. The fourth-order valence-corrected chi connectivity index (χ4v) is 4.45. The van der Waals surface area contributed by atoms with Crippen molar-refractivity contribution >= 4 is 0 Å². The quantitative estimate of drug-likeness (QED) is 0.913. The van der Waals surface area contributed by atoms with Gasteiger partial charge in [-0.1, -0.05) is 43.2 Å². The molecule has 0 amide bonds. The number of benzene rings is 1. The third kappa shape index (κ3) is 3.67. The van der Waals surface area contributed by atoms with Crippen molar-refractivity contribution in [1.82, 2.24) is 4.90 Å². The lowest BCUT2D eigenvalue weighted by atomic mass is 9.78. The number of hydrogen-bond donors (Lipinski definition) is 1. The molecule has 2 aliphatic rings. The van der Waals surface area contributed by atoms with Gasteiger partial charge in [0.25, 0.3) is 0 Å². The first-order valence-corrected chi connectivity index (χ1v) is 8.87. The van der Waals surface area contributed by atoms with Gasteiger partial charge < -0.3 is 5.73 Å². The molecule has 2 fully saturated rings. The molecule has 3 rings (SSSR count). The van der Waals surface area contributed by atoms with E-state index in [1.54, 1.807) is 5.56 Å². The van der Waals surface area contributed by atoms with Gasteiger partial charge in [0.1, 0.15) is 0 Å². The molecule has 2 heteroatoms. The Morgan fingerprint density at radius 3 is 2.38 bits per heavy atom. The van der Waals surface area contributed by atoms with Crippen LogP contribution in [0, 0.1) is 5.92 Å². The summed E-state index contributed by atoms with van der Waals surface area (Å²) in [6, 6.07) is 12.0. The summed E-state index contributed by atoms with van der Waals surface area (Å²) in [6.45, 7) is 3.44. The van der Waals surface area contributed by atoms with Gasteiger partial charge in [-0.25, -0.2) is 0 Å². The third-order valence-electron chi connectivity index (χ3n) is 5.65. The highest BCUT2D eigenvalue weighted by Crippen LogP contribution is 2.37. The second-order valence-electron chi connectivity index (χ2n) is 6.93. The molecule has 2 nitrogen and oxygen atoms in total. The average molecular weight is 286 g/mol. The van der Waals surface area contributed by atoms with Gasteiger partial charge >= 0.3 is 0 Å². The number of hydrogen-bond acceptors (Lipinski definition) is 2. The lowest BCUT2D eigenvalue weighted by molar-refractivity contribution is 0.0907. The molecular weight excluding hydrogens is 256 g/mol. The number of rotatable bonds is 4. The monoisotopic (exact) mass is 286 g/mol. The first-order valence-electron chi connectivity index (χ1n) is 8.87. The molecule has 1 aromatic rings. The van der Waals surface area contributed by atoms with Crippen LogP contribution in [-0.4, -0.2) is 30.6 Å². The van der Waals surface area contributed by atoms with Gasteiger partial charge in [-0.05, 0) is 69.1 Å². The maximum absolute atomic E-state index is 5.72. The lowest BCUT2D eigenvalue weighted by Crippen LogP contribution is -2.45. The minimum atomic E-state index is 0.756. The van der Waals surface area contributed by atoms with Crippen LogP contribution < -0.4 is 5.73 Å². The van der Waals surface area contributed by atoms with Gasteiger partial charge in [0.2, 0.25) is 0 Å². The summed E-state index contributed by atoms with van der Waals surface area (Å²) in [6.07, 6.45) is 9.51. The maximum atomic E-state index is 5.72. The van der Waals surface area contributed by atoms with E-state index < -0.39 is 0 Å². The van der Waals surface area contributed by atoms with Crippen molar-refractivity contribution in [3.05, 3.63) is 35.9 Å². The zero-order valence-corrected chi connectivity index (χ0v) is 13.2. The topological polar surface area (TPSA) is 29.3 Å².